The van der Waals surface area contributed by atoms with Gasteiger partial charge in [0.05, 0.1) is 22.5 Å². The molecule has 1 heterocycles. The lowest BCUT2D eigenvalue weighted by Gasteiger charge is -2.01. The Morgan fingerprint density at radius 2 is 2.38 bits per heavy atom. The summed E-state index contributed by atoms with van der Waals surface area (Å²) < 4.78 is 5.83. The van der Waals surface area contributed by atoms with E-state index in [-0.39, 0.29) is 12.4 Å². The van der Waals surface area contributed by atoms with E-state index in [1.807, 2.05) is 0 Å². The van der Waals surface area contributed by atoms with Crippen molar-refractivity contribution in [3.8, 4) is 0 Å². The van der Waals surface area contributed by atoms with Gasteiger partial charge in [-0.25, -0.2) is 4.79 Å². The minimum Gasteiger partial charge on any atom is -0.448 e. The molecule has 1 aromatic carbocycles. The number of fused-ring (bicyclic) bond motifs is 1. The lowest BCUT2D eigenvalue weighted by atomic mass is 10.2. The molecule has 2 aromatic rings. The third kappa shape index (κ3) is 1.59. The Labute approximate surface area is 96.7 Å². The molecule has 0 atom stereocenters. The van der Waals surface area contributed by atoms with Crippen molar-refractivity contribution in [1.29, 1.82) is 0 Å². The summed E-state index contributed by atoms with van der Waals surface area (Å²) in [5, 5.41) is 5.05. The van der Waals surface area contributed by atoms with Gasteiger partial charge >= 0.3 is 6.09 Å². The zero-order valence-electron chi connectivity index (χ0n) is 8.61. The van der Waals surface area contributed by atoms with E-state index >= 15 is 0 Å². The molecule has 6 heteroatoms. The van der Waals surface area contributed by atoms with Gasteiger partial charge < -0.3 is 10.5 Å². The average molecular weight is 240 g/mol. The molecule has 0 unspecified atom stereocenters. The molecule has 5 nitrogen and oxygen atoms in total. The number of benzene rings is 1. The molecule has 0 saturated heterocycles. The highest BCUT2D eigenvalue weighted by molar-refractivity contribution is 6.36. The summed E-state index contributed by atoms with van der Waals surface area (Å²) in [6.45, 7) is 1.98. The molecule has 1 aromatic heterocycles. The first-order valence-corrected chi connectivity index (χ1v) is 5.12. The fraction of sp³-hybridized carbons (Fsp3) is 0.200. The first kappa shape index (κ1) is 10.8. The van der Waals surface area contributed by atoms with Crippen molar-refractivity contribution in [3.05, 3.63) is 23.2 Å². The number of hydrogen-bond donors (Lipinski definition) is 1. The second kappa shape index (κ2) is 4.02. The van der Waals surface area contributed by atoms with E-state index in [1.165, 1.54) is 0 Å². The molecule has 0 aliphatic heterocycles. The fourth-order valence-corrected chi connectivity index (χ4v) is 1.71. The molecule has 0 spiro atoms. The Balaban J connectivity index is 2.61. The summed E-state index contributed by atoms with van der Waals surface area (Å²) in [4.78, 5) is 11.5. The van der Waals surface area contributed by atoms with Crippen LogP contribution in [0.5, 0.6) is 0 Å². The van der Waals surface area contributed by atoms with E-state index in [0.29, 0.717) is 15.9 Å². The first-order chi connectivity index (χ1) is 7.65. The van der Waals surface area contributed by atoms with Gasteiger partial charge in [-0.3, -0.25) is 0 Å². The number of rotatable bonds is 1. The molecule has 0 radical (unpaired) electrons. The number of nitrogen functional groups attached to an aromatic ring is 1. The van der Waals surface area contributed by atoms with Crippen LogP contribution in [-0.4, -0.2) is 22.5 Å². The van der Waals surface area contributed by atoms with Crippen molar-refractivity contribution in [2.75, 3.05) is 12.3 Å². The largest absolute Gasteiger partial charge is 0.448 e. The van der Waals surface area contributed by atoms with Crippen molar-refractivity contribution < 1.29 is 9.53 Å². The average Bonchev–Trinajstić information content (AvgIpc) is 2.58. The second-order valence-corrected chi connectivity index (χ2v) is 3.54. The molecule has 2 N–H and O–H groups in total. The van der Waals surface area contributed by atoms with Crippen molar-refractivity contribution >= 4 is 34.4 Å². The second-order valence-electron chi connectivity index (χ2n) is 3.13. The van der Waals surface area contributed by atoms with Crippen molar-refractivity contribution in [2.24, 2.45) is 0 Å². The summed E-state index contributed by atoms with van der Waals surface area (Å²) in [5.74, 6) is 0.194. The highest BCUT2D eigenvalue weighted by Crippen LogP contribution is 2.28. The van der Waals surface area contributed by atoms with Gasteiger partial charge in [0.1, 0.15) is 5.82 Å². The molecule has 0 fully saturated rings. The van der Waals surface area contributed by atoms with Gasteiger partial charge in [-0.2, -0.15) is 5.10 Å². The van der Waals surface area contributed by atoms with Gasteiger partial charge in [-0.05, 0) is 19.1 Å². The minimum atomic E-state index is -0.604. The summed E-state index contributed by atoms with van der Waals surface area (Å²) >= 11 is 5.97. The van der Waals surface area contributed by atoms with Gasteiger partial charge in [0.15, 0.2) is 0 Å². The molecule has 0 amide bonds. The number of ether oxygens (including phenoxy) is 1. The maximum absolute atomic E-state index is 11.5. The van der Waals surface area contributed by atoms with Crippen LogP contribution < -0.4 is 5.73 Å². The highest BCUT2D eigenvalue weighted by Gasteiger charge is 2.16. The Kier molecular flexibility index (Phi) is 2.70. The lowest BCUT2D eigenvalue weighted by molar-refractivity contribution is 0.151. The Morgan fingerprint density at radius 3 is 3.00 bits per heavy atom. The number of hydrogen-bond acceptors (Lipinski definition) is 4. The third-order valence-corrected chi connectivity index (χ3v) is 2.44. The normalized spacial score (nSPS) is 10.6. The number of carbonyl (C=O) groups is 1. The summed E-state index contributed by atoms with van der Waals surface area (Å²) in [6, 6.07) is 5.16. The van der Waals surface area contributed by atoms with Crippen molar-refractivity contribution in [1.82, 2.24) is 9.78 Å². The van der Waals surface area contributed by atoms with Crippen molar-refractivity contribution in [2.45, 2.75) is 6.92 Å². The van der Waals surface area contributed by atoms with Crippen LogP contribution in [0.2, 0.25) is 5.02 Å². The number of anilines is 1. The lowest BCUT2D eigenvalue weighted by Crippen LogP contribution is -2.17. The highest BCUT2D eigenvalue weighted by atomic mass is 35.5. The standard InChI is InChI=1S/C10H10ClN3O2/c1-2-16-10(15)14-9(12)8-6(11)4-3-5-7(8)13-14/h3-5H,2,12H2,1H3. The Bertz CT molecular complexity index is 550. The van der Waals surface area contributed by atoms with Crippen LogP contribution in [0, 0.1) is 0 Å². The zero-order chi connectivity index (χ0) is 11.7. The monoisotopic (exact) mass is 239 g/mol. The number of nitrogens with two attached hydrogens (primary N) is 1. The van der Waals surface area contributed by atoms with Gasteiger partial charge in [-0.1, -0.05) is 17.7 Å². The maximum atomic E-state index is 11.5. The molecule has 84 valence electrons. The third-order valence-electron chi connectivity index (χ3n) is 2.12. The van der Waals surface area contributed by atoms with E-state index in [0.717, 1.165) is 4.68 Å². The van der Waals surface area contributed by atoms with E-state index < -0.39 is 6.09 Å². The number of halogens is 1. The SMILES string of the molecule is CCOC(=O)n1nc2cccc(Cl)c2c1N. The molecule has 16 heavy (non-hydrogen) atoms. The van der Waals surface area contributed by atoms with Crippen LogP contribution in [0.25, 0.3) is 10.9 Å². The topological polar surface area (TPSA) is 70.1 Å². The number of aromatic nitrogens is 2. The van der Waals surface area contributed by atoms with Gasteiger partial charge in [0.2, 0.25) is 0 Å². The predicted octanol–water partition coefficient (Wildman–Crippen LogP) is 2.28. The smallest absolute Gasteiger partial charge is 0.436 e. The Morgan fingerprint density at radius 1 is 1.62 bits per heavy atom. The molecular weight excluding hydrogens is 230 g/mol. The van der Waals surface area contributed by atoms with Crippen LogP contribution >= 0.6 is 11.6 Å². The summed E-state index contributed by atoms with van der Waals surface area (Å²) in [5.41, 5.74) is 6.35. The summed E-state index contributed by atoms with van der Waals surface area (Å²) in [7, 11) is 0. The fourth-order valence-electron chi connectivity index (χ4n) is 1.44. The minimum absolute atomic E-state index is 0.194. The van der Waals surface area contributed by atoms with Gasteiger partial charge in [0.25, 0.3) is 0 Å². The number of carbonyl (C=O) groups excluding carboxylic acids is 1. The van der Waals surface area contributed by atoms with Crippen LogP contribution in [0.4, 0.5) is 10.6 Å². The van der Waals surface area contributed by atoms with Crippen LogP contribution in [0.1, 0.15) is 6.92 Å². The van der Waals surface area contributed by atoms with Crippen LogP contribution in [0.15, 0.2) is 18.2 Å². The van der Waals surface area contributed by atoms with Gasteiger partial charge in [0, 0.05) is 0 Å². The van der Waals surface area contributed by atoms with Crippen molar-refractivity contribution in [3.63, 3.8) is 0 Å². The molecule has 0 saturated carbocycles. The number of nitrogens with zero attached hydrogens (tertiary/aromatic N) is 2. The summed E-state index contributed by atoms with van der Waals surface area (Å²) in [6.07, 6.45) is -0.604. The molecule has 0 bridgehead atoms. The molecule has 0 aliphatic rings. The van der Waals surface area contributed by atoms with E-state index in [2.05, 4.69) is 5.10 Å². The maximum Gasteiger partial charge on any atom is 0.436 e. The molecule has 0 aliphatic carbocycles. The Hall–Kier alpha value is -1.75. The molecular formula is C10H10ClN3O2. The zero-order valence-corrected chi connectivity index (χ0v) is 9.36. The van der Waals surface area contributed by atoms with Crippen LogP contribution in [-0.2, 0) is 4.74 Å². The van der Waals surface area contributed by atoms with E-state index in [1.54, 1.807) is 25.1 Å². The van der Waals surface area contributed by atoms with Crippen LogP contribution in [0.3, 0.4) is 0 Å². The van der Waals surface area contributed by atoms with Gasteiger partial charge in [-0.15, -0.1) is 4.68 Å². The quantitative estimate of drug-likeness (QED) is 0.829. The predicted molar refractivity (Wildman–Crippen MR) is 61.6 cm³/mol. The first-order valence-electron chi connectivity index (χ1n) is 4.75. The van der Waals surface area contributed by atoms with E-state index in [9.17, 15) is 4.79 Å². The molecule has 2 rings (SSSR count). The van der Waals surface area contributed by atoms with E-state index in [4.69, 9.17) is 22.1 Å².